The molecule has 0 fully saturated rings. The number of benzene rings is 3. The first-order valence-electron chi connectivity index (χ1n) is 18.7. The topological polar surface area (TPSA) is 97.1 Å². The fourth-order valence-electron chi connectivity index (χ4n) is 5.83. The molecule has 3 aromatic rings. The molecule has 0 saturated carbocycles. The van der Waals surface area contributed by atoms with Gasteiger partial charge in [0.1, 0.15) is 11.5 Å². The quantitative estimate of drug-likeness (QED) is 0.0535. The summed E-state index contributed by atoms with van der Waals surface area (Å²) in [5, 5.41) is 0. The van der Waals surface area contributed by atoms with Crippen LogP contribution in [0.15, 0.2) is 85.0 Å². The third kappa shape index (κ3) is 14.8. The van der Waals surface area contributed by atoms with Crippen molar-refractivity contribution < 1.29 is 28.5 Å². The van der Waals surface area contributed by atoms with Gasteiger partial charge in [0.15, 0.2) is 0 Å². The zero-order valence-corrected chi connectivity index (χ0v) is 31.2. The van der Waals surface area contributed by atoms with E-state index in [0.717, 1.165) is 92.7 Å². The third-order valence-corrected chi connectivity index (χ3v) is 8.69. The van der Waals surface area contributed by atoms with Crippen molar-refractivity contribution in [2.24, 2.45) is 5.73 Å². The molecule has 0 saturated heterocycles. The number of carbonyl (C=O) groups is 2. The van der Waals surface area contributed by atoms with Gasteiger partial charge in [-0.25, -0.2) is 9.59 Å². The summed E-state index contributed by atoms with van der Waals surface area (Å²) in [6.07, 6.45) is 10.8. The minimum atomic E-state index is -0.375. The van der Waals surface area contributed by atoms with Crippen LogP contribution in [0.2, 0.25) is 0 Å². The Hall–Kier alpha value is -4.36. The average molecular weight is 698 g/mol. The summed E-state index contributed by atoms with van der Waals surface area (Å²) in [7, 11) is 0. The summed E-state index contributed by atoms with van der Waals surface area (Å²) >= 11 is 0. The molecule has 51 heavy (non-hydrogen) atoms. The lowest BCUT2D eigenvalue weighted by Gasteiger charge is -2.20. The van der Waals surface area contributed by atoms with E-state index in [1.165, 1.54) is 16.7 Å². The average Bonchev–Trinajstić information content (AvgIpc) is 3.13. The molecule has 2 N–H and O–H groups in total. The molecule has 0 bridgehead atoms. The predicted octanol–water partition coefficient (Wildman–Crippen LogP) is 9.32. The van der Waals surface area contributed by atoms with E-state index in [-0.39, 0.29) is 11.9 Å². The first kappa shape index (κ1) is 41.1. The zero-order chi connectivity index (χ0) is 36.8. The zero-order valence-electron chi connectivity index (χ0n) is 31.2. The maximum Gasteiger partial charge on any atom is 0.333 e. The summed E-state index contributed by atoms with van der Waals surface area (Å²) in [5.74, 6) is 1.04. The summed E-state index contributed by atoms with van der Waals surface area (Å²) in [6, 6.07) is 21.4. The number of hydrogen-bond acceptors (Lipinski definition) is 7. The second kappa shape index (κ2) is 23.2. The van der Waals surface area contributed by atoms with Crippen LogP contribution >= 0.6 is 0 Å². The van der Waals surface area contributed by atoms with E-state index in [4.69, 9.17) is 24.7 Å². The summed E-state index contributed by atoms with van der Waals surface area (Å²) < 4.78 is 23.3. The molecule has 0 unspecified atom stereocenters. The molecular weight excluding hydrogens is 638 g/mol. The fourth-order valence-corrected chi connectivity index (χ4v) is 5.83. The van der Waals surface area contributed by atoms with Gasteiger partial charge in [-0.2, -0.15) is 0 Å². The number of rotatable bonds is 25. The summed E-state index contributed by atoms with van der Waals surface area (Å²) in [5.41, 5.74) is 13.4. The van der Waals surface area contributed by atoms with Crippen molar-refractivity contribution in [3.05, 3.63) is 107 Å². The van der Waals surface area contributed by atoms with Gasteiger partial charge in [-0.1, -0.05) is 56.5 Å². The van der Waals surface area contributed by atoms with E-state index >= 15 is 0 Å². The van der Waals surface area contributed by atoms with Gasteiger partial charge in [0.2, 0.25) is 0 Å². The molecule has 3 aromatic carbocycles. The number of ether oxygens (including phenoxy) is 4. The monoisotopic (exact) mass is 697 g/mol. The van der Waals surface area contributed by atoms with Gasteiger partial charge in [-0.15, -0.1) is 0 Å². The molecule has 0 aliphatic carbocycles. The van der Waals surface area contributed by atoms with Gasteiger partial charge in [0.05, 0.1) is 26.4 Å². The van der Waals surface area contributed by atoms with Crippen LogP contribution in [0.4, 0.5) is 0 Å². The number of esters is 2. The Morgan fingerprint density at radius 3 is 1.76 bits per heavy atom. The predicted molar refractivity (Wildman–Crippen MR) is 207 cm³/mol. The van der Waals surface area contributed by atoms with E-state index in [1.54, 1.807) is 13.8 Å². The van der Waals surface area contributed by atoms with Crippen molar-refractivity contribution in [3.63, 3.8) is 0 Å². The van der Waals surface area contributed by atoms with E-state index in [2.05, 4.69) is 80.7 Å². The Morgan fingerprint density at radius 2 is 1.20 bits per heavy atom. The molecule has 0 aromatic heterocycles. The number of aryl methyl sites for hydroxylation is 4. The minimum absolute atomic E-state index is 0.301. The number of hydrogen-bond donors (Lipinski definition) is 1. The molecule has 0 aliphatic heterocycles. The van der Waals surface area contributed by atoms with Gasteiger partial charge in [-0.05, 0) is 155 Å². The molecule has 0 amide bonds. The van der Waals surface area contributed by atoms with Crippen LogP contribution in [0, 0.1) is 0 Å². The van der Waals surface area contributed by atoms with Gasteiger partial charge in [-0.3, -0.25) is 0 Å². The van der Waals surface area contributed by atoms with Crippen LogP contribution in [-0.2, 0) is 44.7 Å². The smallest absolute Gasteiger partial charge is 0.333 e. The maximum absolute atomic E-state index is 12.0. The summed E-state index contributed by atoms with van der Waals surface area (Å²) in [4.78, 5) is 24.1. The maximum atomic E-state index is 12.0. The number of unbranched alkanes of at least 4 members (excludes halogenated alkanes) is 4. The van der Waals surface area contributed by atoms with Gasteiger partial charge in [0, 0.05) is 11.1 Å². The highest BCUT2D eigenvalue weighted by Gasteiger charge is 2.16. The molecule has 3 rings (SSSR count). The van der Waals surface area contributed by atoms with Crippen molar-refractivity contribution in [3.8, 4) is 22.6 Å². The highest BCUT2D eigenvalue weighted by molar-refractivity contribution is 5.87. The Labute approximate surface area is 306 Å². The lowest BCUT2D eigenvalue weighted by molar-refractivity contribution is -0.139. The van der Waals surface area contributed by atoms with Gasteiger partial charge >= 0.3 is 11.9 Å². The lowest BCUT2D eigenvalue weighted by atomic mass is 9.91. The van der Waals surface area contributed by atoms with Crippen molar-refractivity contribution in [1.29, 1.82) is 0 Å². The van der Waals surface area contributed by atoms with Gasteiger partial charge < -0.3 is 24.7 Å². The molecule has 0 spiro atoms. The van der Waals surface area contributed by atoms with E-state index in [1.807, 2.05) is 0 Å². The van der Waals surface area contributed by atoms with Crippen molar-refractivity contribution in [2.45, 2.75) is 97.8 Å². The van der Waals surface area contributed by atoms with Crippen LogP contribution < -0.4 is 15.2 Å². The standard InChI is InChI=1S/C44H59NO6/c1-6-36-18-10-11-21-41(36)39-31-37(19-15-29-50-43(46)33(2)3)42(38(32-39)20-16-30-51-44(47)34(4)5)49-28-13-7-9-17-35-22-24-40(25-23-35)48-27-14-8-12-26-45/h10-11,18,21-25,31-32H,2,4,6-9,12-17,19-20,26-30,45H2,1,3,5H3. The van der Waals surface area contributed by atoms with Crippen LogP contribution in [-0.4, -0.2) is 44.9 Å². The minimum Gasteiger partial charge on any atom is -0.494 e. The van der Waals surface area contributed by atoms with Crippen molar-refractivity contribution in [1.82, 2.24) is 0 Å². The molecule has 0 aliphatic rings. The Morgan fingerprint density at radius 1 is 0.627 bits per heavy atom. The number of nitrogens with two attached hydrogens (primary N) is 1. The second-order valence-corrected chi connectivity index (χ2v) is 13.2. The first-order valence-corrected chi connectivity index (χ1v) is 18.7. The van der Waals surface area contributed by atoms with Crippen LogP contribution in [0.5, 0.6) is 11.5 Å². The molecular formula is C44H59NO6. The molecule has 0 heterocycles. The SMILES string of the molecule is C=C(C)C(=O)OCCCc1cc(-c2ccccc2CC)cc(CCCOC(=O)C(=C)C)c1OCCCCCc1ccc(OCCCCCN)cc1. The highest BCUT2D eigenvalue weighted by Crippen LogP contribution is 2.35. The number of carbonyl (C=O) groups excluding carboxylic acids is 2. The molecule has 0 atom stereocenters. The Kier molecular flexibility index (Phi) is 18.7. The third-order valence-electron chi connectivity index (χ3n) is 8.69. The van der Waals surface area contributed by atoms with Crippen molar-refractivity contribution in [2.75, 3.05) is 33.0 Å². The van der Waals surface area contributed by atoms with E-state index in [0.29, 0.717) is 56.7 Å². The Bertz CT molecular complexity index is 1490. The lowest BCUT2D eigenvalue weighted by Crippen LogP contribution is -2.10. The molecule has 7 heteroatoms. The van der Waals surface area contributed by atoms with Gasteiger partial charge in [0.25, 0.3) is 0 Å². The summed E-state index contributed by atoms with van der Waals surface area (Å²) in [6.45, 7) is 15.5. The molecule has 7 nitrogen and oxygen atoms in total. The van der Waals surface area contributed by atoms with Crippen molar-refractivity contribution >= 4 is 11.9 Å². The second-order valence-electron chi connectivity index (χ2n) is 13.2. The van der Waals surface area contributed by atoms with Crippen LogP contribution in [0.3, 0.4) is 0 Å². The highest BCUT2D eigenvalue weighted by atomic mass is 16.5. The first-order chi connectivity index (χ1) is 24.7. The Balaban J connectivity index is 1.70. The normalized spacial score (nSPS) is 10.8. The molecule has 276 valence electrons. The van der Waals surface area contributed by atoms with E-state index in [9.17, 15) is 9.59 Å². The van der Waals surface area contributed by atoms with E-state index < -0.39 is 0 Å². The van der Waals surface area contributed by atoms with Crippen LogP contribution in [0.25, 0.3) is 11.1 Å². The fraction of sp³-hybridized carbons (Fsp3) is 0.455. The largest absolute Gasteiger partial charge is 0.494 e. The van der Waals surface area contributed by atoms with Crippen LogP contribution in [0.1, 0.15) is 94.4 Å². The molecule has 0 radical (unpaired) electrons.